The van der Waals surface area contributed by atoms with Crippen LogP contribution < -0.4 is 0 Å². The van der Waals surface area contributed by atoms with Crippen molar-refractivity contribution in [2.45, 2.75) is 30.6 Å². The fourth-order valence-electron chi connectivity index (χ4n) is 2.28. The maximum absolute atomic E-state index is 12.5. The van der Waals surface area contributed by atoms with Gasteiger partial charge in [0.15, 0.2) is 0 Å². The maximum atomic E-state index is 12.5. The van der Waals surface area contributed by atoms with E-state index in [2.05, 4.69) is 11.8 Å². The number of hydrogen-bond acceptors (Lipinski definition) is 3. The maximum Gasteiger partial charge on any atom is 0.243 e. The molecule has 2 rings (SSSR count). The Hall–Kier alpha value is -1.35. The van der Waals surface area contributed by atoms with Crippen LogP contribution in [-0.4, -0.2) is 37.5 Å². The van der Waals surface area contributed by atoms with Gasteiger partial charge in [-0.3, -0.25) is 0 Å². The zero-order valence-electron chi connectivity index (χ0n) is 11.4. The van der Waals surface area contributed by atoms with Crippen LogP contribution in [0.3, 0.4) is 0 Å². The van der Waals surface area contributed by atoms with Crippen LogP contribution in [0.15, 0.2) is 29.2 Å². The summed E-state index contributed by atoms with van der Waals surface area (Å²) in [7, 11) is -3.39. The molecule has 1 fully saturated rings. The normalized spacial score (nSPS) is 17.1. The highest BCUT2D eigenvalue weighted by atomic mass is 32.2. The van der Waals surface area contributed by atoms with Gasteiger partial charge in [0.2, 0.25) is 10.0 Å². The lowest BCUT2D eigenvalue weighted by Crippen LogP contribution is -2.31. The van der Waals surface area contributed by atoms with Crippen molar-refractivity contribution in [3.05, 3.63) is 29.8 Å². The van der Waals surface area contributed by atoms with Crippen LogP contribution in [0.2, 0.25) is 0 Å². The minimum absolute atomic E-state index is 0.201. The van der Waals surface area contributed by atoms with Gasteiger partial charge in [0.25, 0.3) is 0 Å². The van der Waals surface area contributed by atoms with Gasteiger partial charge in [0.05, 0.1) is 4.90 Å². The van der Waals surface area contributed by atoms with E-state index in [4.69, 9.17) is 5.11 Å². The summed E-state index contributed by atoms with van der Waals surface area (Å²) in [6, 6.07) is 6.52. The van der Waals surface area contributed by atoms with E-state index < -0.39 is 10.0 Å². The minimum atomic E-state index is -3.39. The van der Waals surface area contributed by atoms with Crippen LogP contribution in [0.25, 0.3) is 0 Å². The molecule has 1 saturated heterocycles. The van der Waals surface area contributed by atoms with E-state index in [0.717, 1.165) is 25.7 Å². The zero-order valence-corrected chi connectivity index (χ0v) is 12.2. The topological polar surface area (TPSA) is 57.6 Å². The molecule has 1 aromatic carbocycles. The molecule has 0 spiro atoms. The Kier molecular flexibility index (Phi) is 5.18. The van der Waals surface area contributed by atoms with Crippen molar-refractivity contribution in [1.82, 2.24) is 4.31 Å². The Balaban J connectivity index is 2.20. The predicted octanol–water partition coefficient (Wildman–Crippen LogP) is 1.60. The number of nitrogens with zero attached hydrogens (tertiary/aromatic N) is 1. The highest BCUT2D eigenvalue weighted by molar-refractivity contribution is 7.89. The summed E-state index contributed by atoms with van der Waals surface area (Å²) >= 11 is 0. The van der Waals surface area contributed by atoms with Crippen LogP contribution >= 0.6 is 0 Å². The molecular formula is C15H19NO3S. The number of hydrogen-bond donors (Lipinski definition) is 1. The average molecular weight is 293 g/mol. The molecule has 1 aromatic rings. The summed E-state index contributed by atoms with van der Waals surface area (Å²) in [6.07, 6.45) is 4.06. The van der Waals surface area contributed by atoms with Crippen molar-refractivity contribution in [3.63, 3.8) is 0 Å². The lowest BCUT2D eigenvalue weighted by atomic mass is 10.2. The number of benzene rings is 1. The molecule has 0 aromatic heterocycles. The Bertz CT molecular complexity index is 588. The molecule has 1 aliphatic rings. The second kappa shape index (κ2) is 6.89. The molecular weight excluding hydrogens is 274 g/mol. The van der Waals surface area contributed by atoms with E-state index >= 15 is 0 Å². The second-order valence-electron chi connectivity index (χ2n) is 4.80. The molecule has 4 nitrogen and oxygen atoms in total. The molecule has 0 amide bonds. The van der Waals surface area contributed by atoms with Gasteiger partial charge in [-0.1, -0.05) is 24.7 Å². The number of rotatable bonds is 2. The van der Waals surface area contributed by atoms with Gasteiger partial charge in [0.1, 0.15) is 6.61 Å². The van der Waals surface area contributed by atoms with E-state index in [9.17, 15) is 8.42 Å². The van der Waals surface area contributed by atoms with Crippen molar-refractivity contribution < 1.29 is 13.5 Å². The third kappa shape index (κ3) is 3.60. The van der Waals surface area contributed by atoms with Crippen LogP contribution in [0.4, 0.5) is 0 Å². The molecule has 108 valence electrons. The molecule has 0 unspecified atom stereocenters. The van der Waals surface area contributed by atoms with Gasteiger partial charge in [0, 0.05) is 18.7 Å². The van der Waals surface area contributed by atoms with Gasteiger partial charge < -0.3 is 5.11 Å². The highest BCUT2D eigenvalue weighted by Crippen LogP contribution is 2.20. The van der Waals surface area contributed by atoms with E-state index in [1.165, 1.54) is 0 Å². The van der Waals surface area contributed by atoms with E-state index in [0.29, 0.717) is 23.5 Å². The van der Waals surface area contributed by atoms with Crippen molar-refractivity contribution >= 4 is 10.0 Å². The summed E-state index contributed by atoms with van der Waals surface area (Å²) in [4.78, 5) is 0.314. The fourth-order valence-corrected chi connectivity index (χ4v) is 3.80. The Morgan fingerprint density at radius 1 is 1.05 bits per heavy atom. The molecule has 0 radical (unpaired) electrons. The van der Waals surface area contributed by atoms with Crippen molar-refractivity contribution in [3.8, 4) is 11.8 Å². The third-order valence-corrected chi connectivity index (χ3v) is 5.28. The first-order chi connectivity index (χ1) is 9.64. The van der Waals surface area contributed by atoms with Gasteiger partial charge in [-0.2, -0.15) is 4.31 Å². The Morgan fingerprint density at radius 2 is 1.65 bits per heavy atom. The standard InChI is InChI=1S/C15H19NO3S/c17-13-5-6-14-7-9-15(10-8-14)20(18,19)16-11-3-1-2-4-12-16/h7-10,17H,1-4,11-13H2. The molecule has 0 saturated carbocycles. The summed E-state index contributed by atoms with van der Waals surface area (Å²) < 4.78 is 26.6. The molecule has 0 atom stereocenters. The van der Waals surface area contributed by atoms with Gasteiger partial charge in [-0.15, -0.1) is 0 Å². The van der Waals surface area contributed by atoms with Crippen molar-refractivity contribution in [1.29, 1.82) is 0 Å². The SMILES string of the molecule is O=S(=O)(c1ccc(C#CCO)cc1)N1CCCCCC1. The second-order valence-corrected chi connectivity index (χ2v) is 6.74. The van der Waals surface area contributed by atoms with Gasteiger partial charge in [-0.25, -0.2) is 8.42 Å². The van der Waals surface area contributed by atoms with E-state index in [1.54, 1.807) is 28.6 Å². The smallest absolute Gasteiger partial charge is 0.243 e. The van der Waals surface area contributed by atoms with Crippen molar-refractivity contribution in [2.75, 3.05) is 19.7 Å². The van der Waals surface area contributed by atoms with Gasteiger partial charge >= 0.3 is 0 Å². The lowest BCUT2D eigenvalue weighted by molar-refractivity contribution is 0.350. The zero-order chi connectivity index (χ0) is 14.4. The fraction of sp³-hybridized carbons (Fsp3) is 0.467. The van der Waals surface area contributed by atoms with Gasteiger partial charge in [-0.05, 0) is 37.1 Å². The van der Waals surface area contributed by atoms with Crippen LogP contribution in [0.5, 0.6) is 0 Å². The molecule has 1 N–H and O–H groups in total. The molecule has 5 heteroatoms. The summed E-state index contributed by atoms with van der Waals surface area (Å²) in [6.45, 7) is 1.01. The summed E-state index contributed by atoms with van der Waals surface area (Å²) in [5.74, 6) is 5.29. The molecule has 0 bridgehead atoms. The first kappa shape index (κ1) is 15.0. The third-order valence-electron chi connectivity index (χ3n) is 3.37. The Morgan fingerprint density at radius 3 is 2.20 bits per heavy atom. The van der Waals surface area contributed by atoms with Crippen LogP contribution in [-0.2, 0) is 10.0 Å². The van der Waals surface area contributed by atoms with Crippen LogP contribution in [0.1, 0.15) is 31.2 Å². The van der Waals surface area contributed by atoms with E-state index in [1.807, 2.05) is 0 Å². The van der Waals surface area contributed by atoms with Crippen LogP contribution in [0, 0.1) is 11.8 Å². The lowest BCUT2D eigenvalue weighted by Gasteiger charge is -2.19. The number of aliphatic hydroxyl groups is 1. The first-order valence-electron chi connectivity index (χ1n) is 6.84. The average Bonchev–Trinajstić information content (AvgIpc) is 2.75. The molecule has 1 aliphatic heterocycles. The Labute approximate surface area is 120 Å². The van der Waals surface area contributed by atoms with Crippen molar-refractivity contribution in [2.24, 2.45) is 0 Å². The number of aliphatic hydroxyl groups excluding tert-OH is 1. The molecule has 1 heterocycles. The quantitative estimate of drug-likeness (QED) is 0.843. The monoisotopic (exact) mass is 293 g/mol. The highest BCUT2D eigenvalue weighted by Gasteiger charge is 2.24. The predicted molar refractivity (Wildman–Crippen MR) is 77.6 cm³/mol. The molecule has 20 heavy (non-hydrogen) atoms. The number of sulfonamides is 1. The first-order valence-corrected chi connectivity index (χ1v) is 8.28. The molecule has 0 aliphatic carbocycles. The van der Waals surface area contributed by atoms with E-state index in [-0.39, 0.29) is 6.61 Å². The summed E-state index contributed by atoms with van der Waals surface area (Å²) in [5.41, 5.74) is 0.703. The largest absolute Gasteiger partial charge is 0.384 e. The minimum Gasteiger partial charge on any atom is -0.384 e. The summed E-state index contributed by atoms with van der Waals surface area (Å²) in [5, 5.41) is 8.63.